The van der Waals surface area contributed by atoms with Gasteiger partial charge in [0.25, 0.3) is 0 Å². The van der Waals surface area contributed by atoms with Gasteiger partial charge >= 0.3 is 0 Å². The second kappa shape index (κ2) is 15.8. The van der Waals surface area contributed by atoms with Crippen molar-refractivity contribution in [1.29, 1.82) is 0 Å². The summed E-state index contributed by atoms with van der Waals surface area (Å²) in [5.41, 5.74) is 10.4. The Morgan fingerprint density at radius 1 is 0.600 bits per heavy atom. The molecule has 282 valence electrons. The van der Waals surface area contributed by atoms with Gasteiger partial charge in [0.2, 0.25) is 0 Å². The molecule has 3 aromatic carbocycles. The van der Waals surface area contributed by atoms with Crippen molar-refractivity contribution in [2.45, 2.75) is 42.4 Å². The Morgan fingerprint density at radius 3 is 1.62 bits per heavy atom. The van der Waals surface area contributed by atoms with Crippen molar-refractivity contribution < 1.29 is 8.42 Å². The highest BCUT2D eigenvalue weighted by Crippen LogP contribution is 2.32. The Labute approximate surface area is 330 Å². The van der Waals surface area contributed by atoms with E-state index in [1.54, 1.807) is 35.1 Å². The molecule has 0 bridgehead atoms. The number of benzene rings is 3. The van der Waals surface area contributed by atoms with Crippen LogP contribution in [0.3, 0.4) is 0 Å². The zero-order valence-electron chi connectivity index (χ0n) is 31.4. The van der Waals surface area contributed by atoms with Crippen LogP contribution in [0.25, 0.3) is 44.7 Å². The highest BCUT2D eigenvalue weighted by Gasteiger charge is 2.20. The molecular weight excluding hydrogens is 772 g/mol. The number of sulfone groups is 1. The van der Waals surface area contributed by atoms with E-state index in [0.717, 1.165) is 51.0 Å². The lowest BCUT2D eigenvalue weighted by molar-refractivity contribution is 0.255. The van der Waals surface area contributed by atoms with Crippen molar-refractivity contribution in [3.8, 4) is 33.4 Å². The van der Waals surface area contributed by atoms with E-state index in [1.807, 2.05) is 35.4 Å². The molecule has 10 nitrogen and oxygen atoms in total. The van der Waals surface area contributed by atoms with E-state index in [1.165, 1.54) is 61.7 Å². The first-order valence-electron chi connectivity index (χ1n) is 18.8. The number of likely N-dealkylation sites (tertiary alicyclic amines) is 2. The quantitative estimate of drug-likeness (QED) is 0.166. The van der Waals surface area contributed by atoms with Crippen molar-refractivity contribution in [1.82, 2.24) is 39.0 Å². The molecule has 9 rings (SSSR count). The van der Waals surface area contributed by atoms with Gasteiger partial charge in [0.15, 0.2) is 21.1 Å². The minimum absolute atomic E-state index is 0.288. The summed E-state index contributed by atoms with van der Waals surface area (Å²) in [4.78, 5) is 14.2. The van der Waals surface area contributed by atoms with Crippen molar-refractivity contribution in [2.75, 3.05) is 46.5 Å². The van der Waals surface area contributed by atoms with Crippen LogP contribution in [0.2, 0.25) is 0 Å². The third kappa shape index (κ3) is 8.28. The van der Waals surface area contributed by atoms with Gasteiger partial charge in [0.1, 0.15) is 0 Å². The van der Waals surface area contributed by atoms with E-state index < -0.39 is 9.84 Å². The van der Waals surface area contributed by atoms with E-state index in [0.29, 0.717) is 17.5 Å². The van der Waals surface area contributed by atoms with Gasteiger partial charge in [-0.1, -0.05) is 60.7 Å². The van der Waals surface area contributed by atoms with E-state index >= 15 is 0 Å². The summed E-state index contributed by atoms with van der Waals surface area (Å²) < 4.78 is 28.3. The number of nitrogens with zero attached hydrogens (tertiary/aromatic N) is 8. The van der Waals surface area contributed by atoms with Gasteiger partial charge in [0.05, 0.1) is 21.8 Å². The highest BCUT2D eigenvalue weighted by molar-refractivity contribution is 9.10. The molecular formula is C43H45BrN8O2S. The Hall–Kier alpha value is -4.75. The summed E-state index contributed by atoms with van der Waals surface area (Å²) in [5.74, 6) is 1.33. The van der Waals surface area contributed by atoms with Gasteiger partial charge in [-0.05, 0) is 134 Å². The first-order chi connectivity index (χ1) is 26.6. The topological polar surface area (TPSA) is 101 Å². The number of rotatable bonds is 6. The maximum absolute atomic E-state index is 11.9. The molecule has 0 aliphatic carbocycles. The minimum atomic E-state index is -3.28. The summed E-state index contributed by atoms with van der Waals surface area (Å²) in [5, 5.41) is 8.78. The molecule has 6 heterocycles. The van der Waals surface area contributed by atoms with Crippen molar-refractivity contribution in [2.24, 2.45) is 0 Å². The van der Waals surface area contributed by atoms with Crippen LogP contribution in [0.1, 0.15) is 48.6 Å². The van der Waals surface area contributed by atoms with E-state index in [4.69, 9.17) is 0 Å². The fourth-order valence-electron chi connectivity index (χ4n) is 7.70. The van der Waals surface area contributed by atoms with Crippen LogP contribution in [-0.2, 0) is 9.84 Å². The van der Waals surface area contributed by atoms with Gasteiger partial charge in [-0.15, -0.1) is 0 Å². The number of halogens is 1. The molecule has 0 amide bonds. The van der Waals surface area contributed by atoms with Gasteiger partial charge in [-0.3, -0.25) is 0 Å². The highest BCUT2D eigenvalue weighted by atomic mass is 79.9. The van der Waals surface area contributed by atoms with Crippen LogP contribution >= 0.6 is 15.9 Å². The first kappa shape index (κ1) is 37.2. The van der Waals surface area contributed by atoms with Gasteiger partial charge in [-0.2, -0.15) is 10.2 Å². The summed E-state index contributed by atoms with van der Waals surface area (Å²) >= 11 is 3.46. The lowest BCUT2D eigenvalue weighted by Crippen LogP contribution is -2.29. The number of hydrogen-bond donors (Lipinski definition) is 0. The van der Waals surface area contributed by atoms with Crippen molar-refractivity contribution >= 4 is 37.1 Å². The third-order valence-corrected chi connectivity index (χ3v) is 12.8. The zero-order valence-corrected chi connectivity index (χ0v) is 33.8. The van der Waals surface area contributed by atoms with Crippen LogP contribution in [0.5, 0.6) is 0 Å². The Balaban J connectivity index is 0.000000164. The molecule has 4 aromatic heterocycles. The second-order valence-electron chi connectivity index (χ2n) is 15.0. The average molecular weight is 818 g/mol. The smallest absolute Gasteiger partial charge is 0.175 e. The summed E-state index contributed by atoms with van der Waals surface area (Å²) in [6.45, 7) is 4.70. The monoisotopic (exact) mass is 816 g/mol. The Bertz CT molecular complexity index is 2530. The predicted octanol–water partition coefficient (Wildman–Crippen LogP) is 8.24. The van der Waals surface area contributed by atoms with Gasteiger partial charge in [0, 0.05) is 47.7 Å². The fraction of sp³-hybridized carbons (Fsp3) is 0.302. The summed E-state index contributed by atoms with van der Waals surface area (Å²) in [6.07, 6.45) is 17.4. The number of fused-ring (bicyclic) bond motifs is 2. The van der Waals surface area contributed by atoms with Crippen LogP contribution in [0.15, 0.2) is 119 Å². The molecule has 0 N–H and O–H groups in total. The van der Waals surface area contributed by atoms with Crippen molar-refractivity contribution in [3.05, 3.63) is 126 Å². The minimum Gasteiger partial charge on any atom is -0.306 e. The van der Waals surface area contributed by atoms with E-state index in [9.17, 15) is 8.42 Å². The molecule has 0 spiro atoms. The molecule has 2 aliphatic rings. The van der Waals surface area contributed by atoms with Crippen LogP contribution < -0.4 is 0 Å². The summed E-state index contributed by atoms with van der Waals surface area (Å²) in [7, 11) is 1.11. The molecule has 7 aromatic rings. The predicted molar refractivity (Wildman–Crippen MR) is 222 cm³/mol. The van der Waals surface area contributed by atoms with Gasteiger partial charge in [-0.25, -0.2) is 27.4 Å². The van der Waals surface area contributed by atoms with Crippen LogP contribution in [-0.4, -0.2) is 93.9 Å². The second-order valence-corrected chi connectivity index (χ2v) is 17.8. The molecule has 0 saturated carbocycles. The molecule has 55 heavy (non-hydrogen) atoms. The van der Waals surface area contributed by atoms with Crippen molar-refractivity contribution in [3.63, 3.8) is 0 Å². The third-order valence-electron chi connectivity index (χ3n) is 11.1. The summed E-state index contributed by atoms with van der Waals surface area (Å²) in [6, 6.07) is 24.6. The van der Waals surface area contributed by atoms with Gasteiger partial charge < -0.3 is 9.80 Å². The zero-order chi connectivity index (χ0) is 38.1. The molecule has 0 radical (unpaired) electrons. The fourth-order valence-corrected chi connectivity index (χ4v) is 8.74. The first-order valence-corrected chi connectivity index (χ1v) is 21.5. The van der Waals surface area contributed by atoms with E-state index in [-0.39, 0.29) is 4.90 Å². The maximum Gasteiger partial charge on any atom is 0.175 e. The largest absolute Gasteiger partial charge is 0.306 e. The Morgan fingerprint density at radius 2 is 1.09 bits per heavy atom. The number of piperidine rings is 2. The van der Waals surface area contributed by atoms with Crippen LogP contribution in [0, 0.1) is 0 Å². The SMILES string of the molecule is CN1CCC(c2ccc(-c3cnc4c(-c5cccc(S(C)(=O)=O)c5)cnn4c3)cc2)CC1.CN1CCC(c2ccc(-c3cnc4c(Br)cnn4c3)cc2)CC1. The van der Waals surface area contributed by atoms with Crippen LogP contribution in [0.4, 0.5) is 0 Å². The standard InChI is InChI=1S/C25H26N4O2S.C18H19BrN4/c1-28-12-10-20(11-13-28)18-6-8-19(9-7-18)22-15-26-25-24(16-27-29(25)17-22)21-4-3-5-23(14-21)32(2,30)31;1-22-8-6-15(7-9-22)13-2-4-14(5-3-13)16-10-20-18-17(19)11-21-23(18)12-16/h3-9,14-17,20H,10-13H2,1-2H3;2-5,10-12,15H,6-9H2,1H3. The number of hydrogen-bond acceptors (Lipinski definition) is 8. The lowest BCUT2D eigenvalue weighted by Gasteiger charge is -2.29. The molecule has 2 saturated heterocycles. The molecule has 0 unspecified atom stereocenters. The normalized spacial score (nSPS) is 16.4. The number of aromatic nitrogens is 6. The molecule has 12 heteroatoms. The maximum atomic E-state index is 11.9. The van der Waals surface area contributed by atoms with E-state index in [2.05, 4.69) is 109 Å². The lowest BCUT2D eigenvalue weighted by atomic mass is 9.89. The molecule has 2 aliphatic heterocycles. The Kier molecular flexibility index (Phi) is 10.7. The average Bonchev–Trinajstić information content (AvgIpc) is 3.81. The molecule has 2 fully saturated rings. The molecule has 0 atom stereocenters.